The van der Waals surface area contributed by atoms with Gasteiger partial charge in [0, 0.05) is 5.02 Å². The second-order valence-corrected chi connectivity index (χ2v) is 5.09. The summed E-state index contributed by atoms with van der Waals surface area (Å²) in [6, 6.07) is 6.16. The van der Waals surface area contributed by atoms with E-state index in [0.29, 0.717) is 10.6 Å². The maximum atomic E-state index is 13.5. The number of nitrogens with zero attached hydrogens (tertiary/aromatic N) is 2. The molecule has 2 aromatic rings. The number of hydrogen-bond acceptors (Lipinski definition) is 3. The first-order chi connectivity index (χ1) is 9.52. The molecule has 0 spiro atoms. The fourth-order valence-corrected chi connectivity index (χ4v) is 2.42. The van der Waals surface area contributed by atoms with Crippen molar-refractivity contribution in [2.45, 2.75) is 26.8 Å². The summed E-state index contributed by atoms with van der Waals surface area (Å²) in [5.74, 6) is -0.302. The lowest BCUT2D eigenvalue weighted by Crippen LogP contribution is -2.24. The number of halogens is 2. The topological polar surface area (TPSA) is 37.8 Å². The molecule has 0 fully saturated rings. The Hall–Kier alpha value is -1.52. The zero-order valence-electron chi connectivity index (χ0n) is 11.7. The minimum atomic E-state index is -0.302. The summed E-state index contributed by atoms with van der Waals surface area (Å²) in [6.07, 6.45) is 0. The lowest BCUT2D eigenvalue weighted by Gasteiger charge is -2.21. The second-order valence-electron chi connectivity index (χ2n) is 4.68. The van der Waals surface area contributed by atoms with Crippen molar-refractivity contribution in [2.75, 3.05) is 6.54 Å². The highest BCUT2D eigenvalue weighted by molar-refractivity contribution is 6.31. The molecule has 0 aliphatic rings. The van der Waals surface area contributed by atoms with Gasteiger partial charge in [-0.15, -0.1) is 0 Å². The van der Waals surface area contributed by atoms with Crippen molar-refractivity contribution < 1.29 is 4.39 Å². The van der Waals surface area contributed by atoms with Gasteiger partial charge in [-0.1, -0.05) is 18.5 Å². The second kappa shape index (κ2) is 6.29. The van der Waals surface area contributed by atoms with Crippen LogP contribution in [0.1, 0.15) is 35.5 Å². The SMILES string of the molecule is CCNC(c1cc(F)ccc1Cl)c1cc(C)nnc1C. The van der Waals surface area contributed by atoms with Gasteiger partial charge in [-0.2, -0.15) is 10.2 Å². The van der Waals surface area contributed by atoms with E-state index in [9.17, 15) is 4.39 Å². The highest BCUT2D eigenvalue weighted by Crippen LogP contribution is 2.30. The van der Waals surface area contributed by atoms with Gasteiger partial charge in [0.25, 0.3) is 0 Å². The monoisotopic (exact) mass is 293 g/mol. The molecular formula is C15H17ClFN3. The van der Waals surface area contributed by atoms with E-state index in [-0.39, 0.29) is 11.9 Å². The quantitative estimate of drug-likeness (QED) is 0.936. The van der Waals surface area contributed by atoms with Gasteiger partial charge in [-0.3, -0.25) is 0 Å². The van der Waals surface area contributed by atoms with E-state index in [0.717, 1.165) is 23.5 Å². The van der Waals surface area contributed by atoms with Gasteiger partial charge in [-0.05, 0) is 55.8 Å². The summed E-state index contributed by atoms with van der Waals surface area (Å²) in [5, 5.41) is 12.0. The number of nitrogens with one attached hydrogen (secondary N) is 1. The zero-order chi connectivity index (χ0) is 14.7. The van der Waals surface area contributed by atoms with Crippen LogP contribution in [-0.4, -0.2) is 16.7 Å². The maximum Gasteiger partial charge on any atom is 0.123 e. The molecule has 1 aromatic heterocycles. The molecule has 3 nitrogen and oxygen atoms in total. The Bertz CT molecular complexity index is 565. The molecule has 0 aliphatic carbocycles. The van der Waals surface area contributed by atoms with E-state index in [4.69, 9.17) is 11.6 Å². The standard InChI is InChI=1S/C15H17ClFN3/c1-4-18-15(12-7-9(2)19-20-10(12)3)13-8-11(17)5-6-14(13)16/h5-8,15,18H,4H2,1-3H3. The van der Waals surface area contributed by atoms with Crippen molar-refractivity contribution >= 4 is 11.6 Å². The van der Waals surface area contributed by atoms with Crippen LogP contribution in [0.2, 0.25) is 5.02 Å². The first-order valence-electron chi connectivity index (χ1n) is 6.52. The third kappa shape index (κ3) is 3.14. The van der Waals surface area contributed by atoms with E-state index in [2.05, 4.69) is 15.5 Å². The predicted octanol–water partition coefficient (Wildman–Crippen LogP) is 3.58. The number of benzene rings is 1. The van der Waals surface area contributed by atoms with Gasteiger partial charge in [0.05, 0.1) is 17.4 Å². The molecule has 1 N–H and O–H groups in total. The van der Waals surface area contributed by atoms with Crippen LogP contribution in [0.3, 0.4) is 0 Å². The van der Waals surface area contributed by atoms with Crippen molar-refractivity contribution in [1.82, 2.24) is 15.5 Å². The molecular weight excluding hydrogens is 277 g/mol. The largest absolute Gasteiger partial charge is 0.306 e. The van der Waals surface area contributed by atoms with Crippen LogP contribution >= 0.6 is 11.6 Å². The first kappa shape index (κ1) is 14.9. The third-order valence-electron chi connectivity index (χ3n) is 3.13. The van der Waals surface area contributed by atoms with Crippen molar-refractivity contribution in [2.24, 2.45) is 0 Å². The Morgan fingerprint density at radius 1 is 1.20 bits per heavy atom. The number of rotatable bonds is 4. The molecule has 1 unspecified atom stereocenters. The molecule has 1 heterocycles. The van der Waals surface area contributed by atoms with Crippen LogP contribution in [0.4, 0.5) is 4.39 Å². The molecule has 5 heteroatoms. The third-order valence-corrected chi connectivity index (χ3v) is 3.47. The average molecular weight is 294 g/mol. The van der Waals surface area contributed by atoms with Crippen LogP contribution in [0.25, 0.3) is 0 Å². The van der Waals surface area contributed by atoms with Crippen LogP contribution in [0, 0.1) is 19.7 Å². The highest BCUT2D eigenvalue weighted by Gasteiger charge is 2.19. The normalized spacial score (nSPS) is 12.4. The Morgan fingerprint density at radius 3 is 2.65 bits per heavy atom. The summed E-state index contributed by atoms with van der Waals surface area (Å²) in [6.45, 7) is 6.50. The molecule has 1 atom stereocenters. The van der Waals surface area contributed by atoms with Crippen LogP contribution in [0.5, 0.6) is 0 Å². The van der Waals surface area contributed by atoms with E-state index >= 15 is 0 Å². The van der Waals surface area contributed by atoms with Crippen LogP contribution in [-0.2, 0) is 0 Å². The predicted molar refractivity (Wildman–Crippen MR) is 78.4 cm³/mol. The number of aromatic nitrogens is 2. The summed E-state index contributed by atoms with van der Waals surface area (Å²) >= 11 is 6.23. The van der Waals surface area contributed by atoms with Gasteiger partial charge < -0.3 is 5.32 Å². The van der Waals surface area contributed by atoms with Crippen LogP contribution < -0.4 is 5.32 Å². The van der Waals surface area contributed by atoms with Crippen molar-refractivity contribution in [1.29, 1.82) is 0 Å². The molecule has 20 heavy (non-hydrogen) atoms. The van der Waals surface area contributed by atoms with Gasteiger partial charge in [-0.25, -0.2) is 4.39 Å². The van der Waals surface area contributed by atoms with Gasteiger partial charge in [0.15, 0.2) is 0 Å². The van der Waals surface area contributed by atoms with Crippen LogP contribution in [0.15, 0.2) is 24.3 Å². The molecule has 0 bridgehead atoms. The highest BCUT2D eigenvalue weighted by atomic mass is 35.5. The zero-order valence-corrected chi connectivity index (χ0v) is 12.5. The van der Waals surface area contributed by atoms with E-state index < -0.39 is 0 Å². The first-order valence-corrected chi connectivity index (χ1v) is 6.90. The van der Waals surface area contributed by atoms with Crippen molar-refractivity contribution in [3.8, 4) is 0 Å². The molecule has 0 saturated heterocycles. The summed E-state index contributed by atoms with van der Waals surface area (Å²) < 4.78 is 13.5. The van der Waals surface area contributed by atoms with Crippen molar-refractivity contribution in [3.05, 3.63) is 57.6 Å². The molecule has 0 amide bonds. The van der Waals surface area contributed by atoms with E-state index in [1.807, 2.05) is 26.8 Å². The summed E-state index contributed by atoms with van der Waals surface area (Å²) in [4.78, 5) is 0. The molecule has 2 rings (SSSR count). The van der Waals surface area contributed by atoms with E-state index in [1.165, 1.54) is 12.1 Å². The molecule has 0 aliphatic heterocycles. The fraction of sp³-hybridized carbons (Fsp3) is 0.333. The van der Waals surface area contributed by atoms with Crippen molar-refractivity contribution in [3.63, 3.8) is 0 Å². The Balaban J connectivity index is 2.55. The maximum absolute atomic E-state index is 13.5. The molecule has 106 valence electrons. The Labute approximate surface area is 123 Å². The lowest BCUT2D eigenvalue weighted by molar-refractivity contribution is 0.598. The van der Waals surface area contributed by atoms with Gasteiger partial charge in [0.2, 0.25) is 0 Å². The Kier molecular flexibility index (Phi) is 4.68. The lowest BCUT2D eigenvalue weighted by atomic mass is 9.97. The number of hydrogen-bond donors (Lipinski definition) is 1. The Morgan fingerprint density at radius 2 is 1.95 bits per heavy atom. The smallest absolute Gasteiger partial charge is 0.123 e. The van der Waals surface area contributed by atoms with Gasteiger partial charge in [0.1, 0.15) is 5.82 Å². The molecule has 1 aromatic carbocycles. The summed E-state index contributed by atoms with van der Waals surface area (Å²) in [5.41, 5.74) is 3.30. The minimum Gasteiger partial charge on any atom is -0.306 e. The van der Waals surface area contributed by atoms with Gasteiger partial charge >= 0.3 is 0 Å². The number of aryl methyl sites for hydroxylation is 2. The molecule has 0 radical (unpaired) electrons. The minimum absolute atomic E-state index is 0.197. The average Bonchev–Trinajstić information content (AvgIpc) is 2.42. The summed E-state index contributed by atoms with van der Waals surface area (Å²) in [7, 11) is 0. The fourth-order valence-electron chi connectivity index (χ4n) is 2.19. The molecule has 0 saturated carbocycles. The van der Waals surface area contributed by atoms with E-state index in [1.54, 1.807) is 6.07 Å².